The second-order valence-electron chi connectivity index (χ2n) is 3.21. The first-order valence-electron chi connectivity index (χ1n) is 4.14. The Morgan fingerprint density at radius 1 is 1.77 bits per heavy atom. The SMILES string of the molecule is CC(CC(=O)O)Cc1ncnn1C. The van der Waals surface area contributed by atoms with E-state index in [0.29, 0.717) is 6.42 Å². The van der Waals surface area contributed by atoms with Crippen molar-refractivity contribution >= 4 is 5.97 Å². The van der Waals surface area contributed by atoms with Gasteiger partial charge in [0, 0.05) is 19.9 Å². The number of carboxylic acid groups (broad SMARTS) is 1. The average Bonchev–Trinajstić information content (AvgIpc) is 2.34. The summed E-state index contributed by atoms with van der Waals surface area (Å²) in [5.74, 6) is 0.156. The predicted molar refractivity (Wildman–Crippen MR) is 46.1 cm³/mol. The topological polar surface area (TPSA) is 68.0 Å². The van der Waals surface area contributed by atoms with E-state index in [4.69, 9.17) is 5.11 Å². The second kappa shape index (κ2) is 4.02. The van der Waals surface area contributed by atoms with Crippen molar-refractivity contribution < 1.29 is 9.90 Å². The van der Waals surface area contributed by atoms with Gasteiger partial charge in [-0.2, -0.15) is 5.10 Å². The molecule has 1 unspecified atom stereocenters. The van der Waals surface area contributed by atoms with Crippen molar-refractivity contribution in [2.75, 3.05) is 0 Å². The summed E-state index contributed by atoms with van der Waals surface area (Å²) in [5, 5.41) is 12.4. The summed E-state index contributed by atoms with van der Waals surface area (Å²) < 4.78 is 1.67. The molecule has 0 fully saturated rings. The number of rotatable bonds is 4. The van der Waals surface area contributed by atoms with E-state index in [9.17, 15) is 4.79 Å². The summed E-state index contributed by atoms with van der Waals surface area (Å²) in [6.07, 6.45) is 2.30. The van der Waals surface area contributed by atoms with Crippen LogP contribution >= 0.6 is 0 Å². The van der Waals surface area contributed by atoms with Crippen molar-refractivity contribution in [1.29, 1.82) is 0 Å². The first kappa shape index (κ1) is 9.70. The lowest BCUT2D eigenvalue weighted by atomic mass is 10.0. The fourth-order valence-corrected chi connectivity index (χ4v) is 1.19. The molecule has 1 aromatic heterocycles. The standard InChI is InChI=1S/C8H13N3O2/c1-6(4-8(12)13)3-7-9-5-10-11(7)2/h5-6H,3-4H2,1-2H3,(H,12,13). The first-order valence-corrected chi connectivity index (χ1v) is 4.14. The normalized spacial score (nSPS) is 12.8. The van der Waals surface area contributed by atoms with Crippen molar-refractivity contribution in [3.63, 3.8) is 0 Å². The number of aromatic nitrogens is 3. The highest BCUT2D eigenvalue weighted by Crippen LogP contribution is 2.08. The first-order chi connectivity index (χ1) is 6.09. The van der Waals surface area contributed by atoms with Gasteiger partial charge >= 0.3 is 5.97 Å². The Bertz CT molecular complexity index is 295. The molecule has 0 bridgehead atoms. The molecule has 0 radical (unpaired) electrons. The quantitative estimate of drug-likeness (QED) is 0.736. The molecule has 13 heavy (non-hydrogen) atoms. The Morgan fingerprint density at radius 2 is 2.46 bits per heavy atom. The van der Waals surface area contributed by atoms with Crippen molar-refractivity contribution in [2.45, 2.75) is 19.8 Å². The molecule has 1 N–H and O–H groups in total. The minimum atomic E-state index is -0.769. The van der Waals surface area contributed by atoms with Gasteiger partial charge in [0.2, 0.25) is 0 Å². The second-order valence-corrected chi connectivity index (χ2v) is 3.21. The molecule has 1 heterocycles. The number of aryl methyl sites for hydroxylation is 1. The molecule has 0 spiro atoms. The zero-order valence-electron chi connectivity index (χ0n) is 7.77. The van der Waals surface area contributed by atoms with E-state index in [1.54, 1.807) is 11.7 Å². The van der Waals surface area contributed by atoms with Gasteiger partial charge in [-0.05, 0) is 5.92 Å². The van der Waals surface area contributed by atoms with Crippen LogP contribution in [-0.2, 0) is 18.3 Å². The highest BCUT2D eigenvalue weighted by atomic mass is 16.4. The van der Waals surface area contributed by atoms with Crippen molar-refractivity contribution in [3.8, 4) is 0 Å². The molecule has 72 valence electrons. The number of carboxylic acids is 1. The van der Waals surface area contributed by atoms with E-state index >= 15 is 0 Å². The van der Waals surface area contributed by atoms with Gasteiger partial charge in [-0.25, -0.2) is 4.98 Å². The van der Waals surface area contributed by atoms with Crippen LogP contribution < -0.4 is 0 Å². The molecular weight excluding hydrogens is 170 g/mol. The van der Waals surface area contributed by atoms with Crippen LogP contribution in [0.2, 0.25) is 0 Å². The van der Waals surface area contributed by atoms with Crippen molar-refractivity contribution in [2.24, 2.45) is 13.0 Å². The molecule has 0 saturated carbocycles. The zero-order chi connectivity index (χ0) is 9.84. The molecule has 1 atom stereocenters. The zero-order valence-corrected chi connectivity index (χ0v) is 7.77. The van der Waals surface area contributed by atoms with Gasteiger partial charge in [0.25, 0.3) is 0 Å². The van der Waals surface area contributed by atoms with E-state index in [0.717, 1.165) is 5.82 Å². The molecule has 0 aliphatic rings. The Labute approximate surface area is 76.4 Å². The summed E-state index contributed by atoms with van der Waals surface area (Å²) in [5.41, 5.74) is 0. The number of nitrogens with zero attached hydrogens (tertiary/aromatic N) is 3. The summed E-state index contributed by atoms with van der Waals surface area (Å²) >= 11 is 0. The Morgan fingerprint density at radius 3 is 2.92 bits per heavy atom. The largest absolute Gasteiger partial charge is 0.481 e. The molecule has 0 aliphatic heterocycles. The lowest BCUT2D eigenvalue weighted by Gasteiger charge is -2.06. The molecule has 5 nitrogen and oxygen atoms in total. The molecule has 5 heteroatoms. The van der Waals surface area contributed by atoms with Crippen LogP contribution in [0.4, 0.5) is 0 Å². The Hall–Kier alpha value is -1.39. The lowest BCUT2D eigenvalue weighted by molar-refractivity contribution is -0.137. The van der Waals surface area contributed by atoms with Crippen molar-refractivity contribution in [3.05, 3.63) is 12.2 Å². The highest BCUT2D eigenvalue weighted by Gasteiger charge is 2.11. The van der Waals surface area contributed by atoms with E-state index in [1.165, 1.54) is 6.33 Å². The third-order valence-electron chi connectivity index (χ3n) is 1.86. The van der Waals surface area contributed by atoms with Crippen LogP contribution in [-0.4, -0.2) is 25.8 Å². The minimum Gasteiger partial charge on any atom is -0.481 e. The lowest BCUT2D eigenvalue weighted by Crippen LogP contribution is -2.10. The molecule has 0 amide bonds. The van der Waals surface area contributed by atoms with Gasteiger partial charge in [0.1, 0.15) is 12.2 Å². The number of aliphatic carboxylic acids is 1. The van der Waals surface area contributed by atoms with Gasteiger partial charge in [-0.3, -0.25) is 9.48 Å². The maximum absolute atomic E-state index is 10.4. The minimum absolute atomic E-state index is 0.0976. The molecule has 0 saturated heterocycles. The van der Waals surface area contributed by atoms with Gasteiger partial charge in [-0.1, -0.05) is 6.92 Å². The third-order valence-corrected chi connectivity index (χ3v) is 1.86. The van der Waals surface area contributed by atoms with Crippen LogP contribution in [0.3, 0.4) is 0 Å². The number of carbonyl (C=O) groups is 1. The van der Waals surface area contributed by atoms with Crippen LogP contribution in [0, 0.1) is 5.92 Å². The molecule has 1 aromatic rings. The van der Waals surface area contributed by atoms with E-state index < -0.39 is 5.97 Å². The Kier molecular flexibility index (Phi) is 3.00. The van der Waals surface area contributed by atoms with Gasteiger partial charge < -0.3 is 5.11 Å². The third kappa shape index (κ3) is 2.85. The van der Waals surface area contributed by atoms with Crippen LogP contribution in [0.25, 0.3) is 0 Å². The van der Waals surface area contributed by atoms with Gasteiger partial charge in [0.15, 0.2) is 0 Å². The van der Waals surface area contributed by atoms with Crippen LogP contribution in [0.5, 0.6) is 0 Å². The van der Waals surface area contributed by atoms with Crippen LogP contribution in [0.1, 0.15) is 19.2 Å². The summed E-state index contributed by atoms with van der Waals surface area (Å²) in [6.45, 7) is 1.89. The van der Waals surface area contributed by atoms with E-state index in [2.05, 4.69) is 10.1 Å². The van der Waals surface area contributed by atoms with Crippen LogP contribution in [0.15, 0.2) is 6.33 Å². The molecule has 1 rings (SSSR count). The number of hydrogen-bond acceptors (Lipinski definition) is 3. The maximum Gasteiger partial charge on any atom is 0.303 e. The van der Waals surface area contributed by atoms with E-state index in [1.807, 2.05) is 6.92 Å². The number of hydrogen-bond donors (Lipinski definition) is 1. The van der Waals surface area contributed by atoms with Gasteiger partial charge in [0.05, 0.1) is 0 Å². The summed E-state index contributed by atoms with van der Waals surface area (Å²) in [4.78, 5) is 14.4. The molecule has 0 aliphatic carbocycles. The fourth-order valence-electron chi connectivity index (χ4n) is 1.19. The van der Waals surface area contributed by atoms with Gasteiger partial charge in [-0.15, -0.1) is 0 Å². The monoisotopic (exact) mass is 183 g/mol. The highest BCUT2D eigenvalue weighted by molar-refractivity contribution is 5.66. The molecule has 0 aromatic carbocycles. The predicted octanol–water partition coefficient (Wildman–Crippen LogP) is 0.468. The Balaban J connectivity index is 2.49. The summed E-state index contributed by atoms with van der Waals surface area (Å²) in [7, 11) is 1.80. The smallest absolute Gasteiger partial charge is 0.303 e. The summed E-state index contributed by atoms with van der Waals surface area (Å²) in [6, 6.07) is 0. The fraction of sp³-hybridized carbons (Fsp3) is 0.625. The van der Waals surface area contributed by atoms with Crippen molar-refractivity contribution in [1.82, 2.24) is 14.8 Å². The van der Waals surface area contributed by atoms with E-state index in [-0.39, 0.29) is 12.3 Å². The molecular formula is C8H13N3O2. The maximum atomic E-state index is 10.4. The average molecular weight is 183 g/mol.